The monoisotopic (exact) mass is 329 g/mol. The molecule has 24 heavy (non-hydrogen) atoms. The van der Waals surface area contributed by atoms with Crippen molar-refractivity contribution in [2.24, 2.45) is 0 Å². The van der Waals surface area contributed by atoms with Crippen LogP contribution in [0.25, 0.3) is 0 Å². The fraction of sp³-hybridized carbons (Fsp3) is 0.250. The van der Waals surface area contributed by atoms with Gasteiger partial charge in [0.1, 0.15) is 17.4 Å². The van der Waals surface area contributed by atoms with Crippen molar-refractivity contribution in [3.63, 3.8) is 0 Å². The molecule has 3 rings (SSSR count). The number of carbonyl (C=O) groups is 1. The molecule has 124 valence electrons. The Balaban J connectivity index is 1.61. The zero-order chi connectivity index (χ0) is 17.1. The molecule has 1 amide bonds. The molecule has 0 radical (unpaired) electrons. The second kappa shape index (κ2) is 6.61. The first-order valence-electron chi connectivity index (χ1n) is 7.38. The number of H-pyrrole nitrogens is 1. The minimum Gasteiger partial charge on any atom is -0.361 e. The van der Waals surface area contributed by atoms with Gasteiger partial charge in [0.25, 0.3) is 0 Å². The van der Waals surface area contributed by atoms with Crippen LogP contribution in [-0.2, 0) is 17.6 Å². The summed E-state index contributed by atoms with van der Waals surface area (Å²) in [6.45, 7) is 3.54. The number of carbonyl (C=O) groups excluding carboxylic acids is 1. The molecule has 0 fully saturated rings. The van der Waals surface area contributed by atoms with Gasteiger partial charge < -0.3 is 4.52 Å². The SMILES string of the molecule is Cc1noc(C)c1CC(=O)Nc1n[nH]c(Cc2ccc(F)cc2)n1. The second-order valence-corrected chi connectivity index (χ2v) is 5.44. The van der Waals surface area contributed by atoms with Gasteiger partial charge in [-0.3, -0.25) is 15.2 Å². The molecule has 0 unspecified atom stereocenters. The molecule has 3 aromatic rings. The predicted octanol–water partition coefficient (Wildman–Crippen LogP) is 2.32. The molecule has 0 aliphatic carbocycles. The molecular formula is C16H16FN5O2. The van der Waals surface area contributed by atoms with Crippen LogP contribution in [0, 0.1) is 19.7 Å². The predicted molar refractivity (Wildman–Crippen MR) is 83.9 cm³/mol. The molecule has 0 saturated carbocycles. The van der Waals surface area contributed by atoms with E-state index in [1.165, 1.54) is 12.1 Å². The fourth-order valence-corrected chi connectivity index (χ4v) is 2.31. The maximum Gasteiger partial charge on any atom is 0.248 e. The van der Waals surface area contributed by atoms with Gasteiger partial charge in [-0.2, -0.15) is 4.98 Å². The van der Waals surface area contributed by atoms with Crippen LogP contribution >= 0.6 is 0 Å². The molecule has 2 heterocycles. The van der Waals surface area contributed by atoms with Crippen LogP contribution in [0.5, 0.6) is 0 Å². The average molecular weight is 329 g/mol. The number of halogens is 1. The highest BCUT2D eigenvalue weighted by atomic mass is 19.1. The lowest BCUT2D eigenvalue weighted by atomic mass is 10.1. The topological polar surface area (TPSA) is 96.7 Å². The largest absolute Gasteiger partial charge is 0.361 e. The maximum atomic E-state index is 12.9. The van der Waals surface area contributed by atoms with Gasteiger partial charge in [0.2, 0.25) is 11.9 Å². The molecule has 1 aromatic carbocycles. The van der Waals surface area contributed by atoms with E-state index in [-0.39, 0.29) is 24.1 Å². The number of amides is 1. The molecule has 0 aliphatic heterocycles. The third-order valence-corrected chi connectivity index (χ3v) is 3.59. The molecule has 2 aromatic heterocycles. The van der Waals surface area contributed by atoms with Crippen LogP contribution in [-0.4, -0.2) is 26.2 Å². The highest BCUT2D eigenvalue weighted by molar-refractivity contribution is 5.90. The number of aromatic amines is 1. The first-order valence-corrected chi connectivity index (χ1v) is 7.38. The summed E-state index contributed by atoms with van der Waals surface area (Å²) in [5.41, 5.74) is 2.34. The quantitative estimate of drug-likeness (QED) is 0.749. The van der Waals surface area contributed by atoms with Gasteiger partial charge in [0, 0.05) is 12.0 Å². The number of anilines is 1. The highest BCUT2D eigenvalue weighted by Crippen LogP contribution is 2.14. The first kappa shape index (κ1) is 15.9. The lowest BCUT2D eigenvalue weighted by Crippen LogP contribution is -2.16. The fourth-order valence-electron chi connectivity index (χ4n) is 2.31. The summed E-state index contributed by atoms with van der Waals surface area (Å²) in [6.07, 6.45) is 0.607. The lowest BCUT2D eigenvalue weighted by molar-refractivity contribution is -0.115. The van der Waals surface area contributed by atoms with E-state index in [0.29, 0.717) is 23.7 Å². The normalized spacial score (nSPS) is 10.8. The van der Waals surface area contributed by atoms with Gasteiger partial charge in [0.15, 0.2) is 0 Å². The first-order chi connectivity index (χ1) is 11.5. The number of nitrogens with zero attached hydrogens (tertiary/aromatic N) is 3. The number of benzene rings is 1. The van der Waals surface area contributed by atoms with E-state index in [1.807, 2.05) is 0 Å². The van der Waals surface area contributed by atoms with Crippen molar-refractivity contribution in [2.75, 3.05) is 5.32 Å². The summed E-state index contributed by atoms with van der Waals surface area (Å²) in [5.74, 6) is 0.855. The smallest absolute Gasteiger partial charge is 0.248 e. The number of aromatic nitrogens is 4. The third-order valence-electron chi connectivity index (χ3n) is 3.59. The summed E-state index contributed by atoms with van der Waals surface area (Å²) >= 11 is 0. The van der Waals surface area contributed by atoms with E-state index >= 15 is 0 Å². The van der Waals surface area contributed by atoms with Gasteiger partial charge in [-0.15, -0.1) is 5.10 Å². The van der Waals surface area contributed by atoms with Crippen LogP contribution in [0.1, 0.15) is 28.4 Å². The van der Waals surface area contributed by atoms with Crippen LogP contribution in [0.3, 0.4) is 0 Å². The molecule has 0 saturated heterocycles. The lowest BCUT2D eigenvalue weighted by Gasteiger charge is -2.00. The van der Waals surface area contributed by atoms with Crippen molar-refractivity contribution in [1.82, 2.24) is 20.3 Å². The maximum absolute atomic E-state index is 12.9. The standard InChI is InChI=1S/C16H16FN5O2/c1-9-13(10(2)24-22-9)8-15(23)19-16-18-14(20-21-16)7-11-3-5-12(17)6-4-11/h3-6H,7-8H2,1-2H3,(H2,18,19,20,21,23). The molecule has 0 bridgehead atoms. The van der Waals surface area contributed by atoms with Crippen molar-refractivity contribution in [3.05, 3.63) is 58.5 Å². The summed E-state index contributed by atoms with van der Waals surface area (Å²) in [4.78, 5) is 16.3. The Morgan fingerprint density at radius 1 is 1.29 bits per heavy atom. The number of hydrogen-bond acceptors (Lipinski definition) is 5. The minimum atomic E-state index is -0.288. The van der Waals surface area contributed by atoms with Gasteiger partial charge >= 0.3 is 0 Å². The van der Waals surface area contributed by atoms with Crippen molar-refractivity contribution in [2.45, 2.75) is 26.7 Å². The Kier molecular flexibility index (Phi) is 4.37. The second-order valence-electron chi connectivity index (χ2n) is 5.44. The van der Waals surface area contributed by atoms with Crippen LogP contribution < -0.4 is 5.32 Å². The van der Waals surface area contributed by atoms with E-state index in [4.69, 9.17) is 4.52 Å². The Morgan fingerprint density at radius 3 is 2.71 bits per heavy atom. The number of hydrogen-bond donors (Lipinski definition) is 2. The zero-order valence-corrected chi connectivity index (χ0v) is 13.3. The van der Waals surface area contributed by atoms with E-state index in [2.05, 4.69) is 25.7 Å². The van der Waals surface area contributed by atoms with Crippen LogP contribution in [0.2, 0.25) is 0 Å². The zero-order valence-electron chi connectivity index (χ0n) is 13.3. The third kappa shape index (κ3) is 3.65. The number of nitrogens with one attached hydrogen (secondary N) is 2. The Labute approximate surface area is 137 Å². The van der Waals surface area contributed by atoms with Gasteiger partial charge in [-0.25, -0.2) is 4.39 Å². The number of rotatable bonds is 5. The molecule has 2 N–H and O–H groups in total. The molecule has 7 nitrogen and oxygen atoms in total. The van der Waals surface area contributed by atoms with Gasteiger partial charge in [-0.05, 0) is 31.5 Å². The Bertz CT molecular complexity index is 834. The average Bonchev–Trinajstić information content (AvgIpc) is 3.11. The van der Waals surface area contributed by atoms with Gasteiger partial charge in [-0.1, -0.05) is 17.3 Å². The highest BCUT2D eigenvalue weighted by Gasteiger charge is 2.15. The molecule has 0 spiro atoms. The van der Waals surface area contributed by atoms with E-state index in [0.717, 1.165) is 11.1 Å². The summed E-state index contributed by atoms with van der Waals surface area (Å²) in [5, 5.41) is 13.2. The van der Waals surface area contributed by atoms with Crippen molar-refractivity contribution >= 4 is 11.9 Å². The van der Waals surface area contributed by atoms with Crippen molar-refractivity contribution in [1.29, 1.82) is 0 Å². The van der Waals surface area contributed by atoms with E-state index in [1.54, 1.807) is 26.0 Å². The number of aryl methyl sites for hydroxylation is 2. The Hall–Kier alpha value is -3.03. The van der Waals surface area contributed by atoms with Crippen molar-refractivity contribution in [3.8, 4) is 0 Å². The van der Waals surface area contributed by atoms with Crippen LogP contribution in [0.15, 0.2) is 28.8 Å². The molecule has 8 heteroatoms. The summed E-state index contributed by atoms with van der Waals surface area (Å²) < 4.78 is 17.9. The van der Waals surface area contributed by atoms with E-state index < -0.39 is 0 Å². The Morgan fingerprint density at radius 2 is 2.04 bits per heavy atom. The molecule has 0 aliphatic rings. The summed E-state index contributed by atoms with van der Waals surface area (Å²) in [7, 11) is 0. The van der Waals surface area contributed by atoms with E-state index in [9.17, 15) is 9.18 Å². The summed E-state index contributed by atoms with van der Waals surface area (Å²) in [6, 6.07) is 6.12. The van der Waals surface area contributed by atoms with Crippen molar-refractivity contribution < 1.29 is 13.7 Å². The molecular weight excluding hydrogens is 313 g/mol. The van der Waals surface area contributed by atoms with Crippen LogP contribution in [0.4, 0.5) is 10.3 Å². The van der Waals surface area contributed by atoms with Gasteiger partial charge in [0.05, 0.1) is 12.1 Å². The molecule has 0 atom stereocenters. The minimum absolute atomic E-state index is 0.142.